The van der Waals surface area contributed by atoms with Gasteiger partial charge >= 0.3 is 17.3 Å². The van der Waals surface area contributed by atoms with Crippen molar-refractivity contribution >= 4 is 23.0 Å². The number of fused-ring (bicyclic) bond motifs is 1. The number of aromatic hydroxyl groups is 4. The molecule has 3 aromatic carbocycles. The summed E-state index contributed by atoms with van der Waals surface area (Å²) in [5, 5.41) is 71.1. The zero-order chi connectivity index (χ0) is 30.0. The van der Waals surface area contributed by atoms with Gasteiger partial charge in [-0.1, -0.05) is 12.1 Å². The van der Waals surface area contributed by atoms with Crippen LogP contribution >= 0.6 is 0 Å². The molecule has 12 heteroatoms. The van der Waals surface area contributed by atoms with Gasteiger partial charge in [-0.15, -0.1) is 0 Å². The van der Waals surface area contributed by atoms with E-state index in [2.05, 4.69) is 0 Å². The second-order valence-electron chi connectivity index (χ2n) is 9.55. The average molecular weight is 580 g/mol. The van der Waals surface area contributed by atoms with Crippen LogP contribution in [0.25, 0.3) is 28.4 Å². The number of hydrogen-bond donors (Lipinski definition) is 7. The highest BCUT2D eigenvalue weighted by atomic mass is 16.7. The first-order valence-corrected chi connectivity index (χ1v) is 12.7. The normalized spacial score (nSPS) is 22.3. The molecule has 2 heterocycles. The molecule has 218 valence electrons. The van der Waals surface area contributed by atoms with Gasteiger partial charge in [0, 0.05) is 18.2 Å². The first kappa shape index (κ1) is 28.6. The molecule has 0 spiro atoms. The molecule has 1 saturated heterocycles. The van der Waals surface area contributed by atoms with Gasteiger partial charge in [-0.05, 0) is 48.0 Å². The molecular formula is C30H27O12+. The molecule has 0 unspecified atom stereocenters. The van der Waals surface area contributed by atoms with Crippen LogP contribution in [0, 0.1) is 0 Å². The third-order valence-corrected chi connectivity index (χ3v) is 6.55. The van der Waals surface area contributed by atoms with E-state index in [9.17, 15) is 40.5 Å². The summed E-state index contributed by atoms with van der Waals surface area (Å²) in [7, 11) is 0. The molecule has 0 aliphatic carbocycles. The van der Waals surface area contributed by atoms with Crippen molar-refractivity contribution in [3.05, 3.63) is 78.4 Å². The zero-order valence-electron chi connectivity index (χ0n) is 21.8. The van der Waals surface area contributed by atoms with Crippen LogP contribution in [0.15, 0.2) is 77.2 Å². The summed E-state index contributed by atoms with van der Waals surface area (Å²) in [6.45, 7) is -0.503. The third-order valence-electron chi connectivity index (χ3n) is 6.55. The molecule has 12 nitrogen and oxygen atoms in total. The SMILES string of the molecule is O=C(/C=C/c1ccc(O)cc1)OC[C@H]1O[C@@H](Oc2cc3c(O)cc(O)cc3[o+]c2-c2ccc(O)cc2)[C@H](O)[C@@H](O)[C@@H]1O. The number of phenolic OH excluding ortho intramolecular Hbond substituents is 4. The van der Waals surface area contributed by atoms with Crippen LogP contribution in [-0.2, 0) is 14.3 Å². The highest BCUT2D eigenvalue weighted by Gasteiger charge is 2.46. The number of benzene rings is 3. The number of carbonyl (C=O) groups excluding carboxylic acids is 1. The van der Waals surface area contributed by atoms with Crippen LogP contribution in [0.2, 0.25) is 0 Å². The molecular weight excluding hydrogens is 552 g/mol. The number of rotatable bonds is 7. The quantitative estimate of drug-likeness (QED) is 0.0961. The second kappa shape index (κ2) is 11.9. The smallest absolute Gasteiger partial charge is 0.402 e. The Labute approximate surface area is 238 Å². The predicted octanol–water partition coefficient (Wildman–Crippen LogP) is 2.65. The Bertz CT molecular complexity index is 1600. The summed E-state index contributed by atoms with van der Waals surface area (Å²) in [4.78, 5) is 12.2. The maximum atomic E-state index is 12.2. The van der Waals surface area contributed by atoms with Crippen molar-refractivity contribution in [1.29, 1.82) is 0 Å². The molecule has 0 saturated carbocycles. The van der Waals surface area contributed by atoms with E-state index >= 15 is 0 Å². The molecule has 5 atom stereocenters. The van der Waals surface area contributed by atoms with Gasteiger partial charge < -0.3 is 50.0 Å². The Hall–Kier alpha value is -4.88. The first-order chi connectivity index (χ1) is 20.1. The fourth-order valence-corrected chi connectivity index (χ4v) is 4.32. The number of esters is 1. The molecule has 5 rings (SSSR count). The first-order valence-electron chi connectivity index (χ1n) is 12.7. The Balaban J connectivity index is 1.38. The molecule has 0 radical (unpaired) electrons. The topological polar surface area (TPSA) is 198 Å². The molecule has 1 aromatic heterocycles. The molecule has 1 fully saturated rings. The molecule has 0 amide bonds. The van der Waals surface area contributed by atoms with Gasteiger partial charge in [-0.2, -0.15) is 0 Å². The van der Waals surface area contributed by atoms with Gasteiger partial charge in [0.05, 0.1) is 11.6 Å². The van der Waals surface area contributed by atoms with Crippen LogP contribution in [0.1, 0.15) is 5.56 Å². The Kier molecular flexibility index (Phi) is 8.13. The monoisotopic (exact) mass is 579 g/mol. The highest BCUT2D eigenvalue weighted by molar-refractivity contribution is 5.88. The lowest BCUT2D eigenvalue weighted by molar-refractivity contribution is -0.278. The molecule has 4 aromatic rings. The van der Waals surface area contributed by atoms with E-state index < -0.39 is 43.3 Å². The molecule has 1 aliphatic rings. The van der Waals surface area contributed by atoms with Gasteiger partial charge in [0.2, 0.25) is 12.0 Å². The highest BCUT2D eigenvalue weighted by Crippen LogP contribution is 2.40. The number of aliphatic hydroxyl groups is 3. The summed E-state index contributed by atoms with van der Waals surface area (Å²) in [6, 6.07) is 15.6. The lowest BCUT2D eigenvalue weighted by atomic mass is 9.99. The second-order valence-corrected chi connectivity index (χ2v) is 9.55. The number of carbonyl (C=O) groups is 1. The molecule has 42 heavy (non-hydrogen) atoms. The van der Waals surface area contributed by atoms with Crippen LogP contribution in [0.3, 0.4) is 0 Å². The zero-order valence-corrected chi connectivity index (χ0v) is 21.8. The standard InChI is InChI=1S/C30H26O12/c31-17-6-1-15(2-7-17)3-10-25(35)39-14-24-26(36)27(37)28(38)30(42-24)41-23-13-20-21(34)11-19(33)12-22(20)40-29(23)16-4-8-18(32)9-5-16/h1-13,24,26-28,30,36-38H,14H2,(H3-,31,32,33,34,35)/p+1/t24-,26-,27+,28-,30-/m1/s1. The summed E-state index contributed by atoms with van der Waals surface area (Å²) in [5.74, 6) is -1.32. The van der Waals surface area contributed by atoms with E-state index in [0.717, 1.165) is 12.1 Å². The van der Waals surface area contributed by atoms with Crippen molar-refractivity contribution in [2.24, 2.45) is 0 Å². The van der Waals surface area contributed by atoms with Crippen molar-refractivity contribution in [2.45, 2.75) is 30.7 Å². The summed E-state index contributed by atoms with van der Waals surface area (Å²) in [5.41, 5.74) is 1.12. The minimum atomic E-state index is -1.75. The third kappa shape index (κ3) is 6.21. The van der Waals surface area contributed by atoms with Crippen LogP contribution in [-0.4, -0.2) is 79.0 Å². The summed E-state index contributed by atoms with van der Waals surface area (Å²) < 4.78 is 22.7. The minimum absolute atomic E-state index is 0.0178. The Morgan fingerprint density at radius 3 is 2.19 bits per heavy atom. The van der Waals surface area contributed by atoms with E-state index in [0.29, 0.717) is 11.1 Å². The van der Waals surface area contributed by atoms with E-state index in [-0.39, 0.29) is 45.5 Å². The predicted molar refractivity (Wildman–Crippen MR) is 146 cm³/mol. The van der Waals surface area contributed by atoms with Crippen molar-refractivity contribution in [2.75, 3.05) is 6.61 Å². The Morgan fingerprint density at radius 2 is 1.50 bits per heavy atom. The summed E-state index contributed by atoms with van der Waals surface area (Å²) >= 11 is 0. The van der Waals surface area contributed by atoms with Crippen LogP contribution in [0.4, 0.5) is 0 Å². The lowest BCUT2D eigenvalue weighted by Crippen LogP contribution is -2.60. The van der Waals surface area contributed by atoms with Gasteiger partial charge in [0.1, 0.15) is 59.4 Å². The fourth-order valence-electron chi connectivity index (χ4n) is 4.32. The molecule has 7 N–H and O–H groups in total. The number of aliphatic hydroxyl groups excluding tert-OH is 3. The Morgan fingerprint density at radius 1 is 0.833 bits per heavy atom. The minimum Gasteiger partial charge on any atom is -0.508 e. The van der Waals surface area contributed by atoms with Crippen LogP contribution in [0.5, 0.6) is 28.7 Å². The van der Waals surface area contributed by atoms with Crippen LogP contribution < -0.4 is 4.74 Å². The van der Waals surface area contributed by atoms with E-state index in [1.165, 1.54) is 54.6 Å². The van der Waals surface area contributed by atoms with Gasteiger partial charge in [0.15, 0.2) is 0 Å². The van der Waals surface area contributed by atoms with E-state index in [1.54, 1.807) is 12.1 Å². The van der Waals surface area contributed by atoms with Gasteiger partial charge in [0.25, 0.3) is 0 Å². The van der Waals surface area contributed by atoms with Gasteiger partial charge in [-0.3, -0.25) is 0 Å². The van der Waals surface area contributed by atoms with Gasteiger partial charge in [-0.25, -0.2) is 9.21 Å². The lowest BCUT2D eigenvalue weighted by Gasteiger charge is -2.39. The molecule has 1 aliphatic heterocycles. The van der Waals surface area contributed by atoms with E-state index in [1.807, 2.05) is 0 Å². The molecule has 0 bridgehead atoms. The maximum Gasteiger partial charge on any atom is 0.402 e. The largest absolute Gasteiger partial charge is 0.508 e. The maximum absolute atomic E-state index is 12.2. The van der Waals surface area contributed by atoms with Crippen molar-refractivity contribution in [3.63, 3.8) is 0 Å². The van der Waals surface area contributed by atoms with E-state index in [4.69, 9.17) is 18.6 Å². The fraction of sp³-hybridized carbons (Fsp3) is 0.200. The summed E-state index contributed by atoms with van der Waals surface area (Å²) in [6.07, 6.45) is -5.46. The van der Waals surface area contributed by atoms with Crippen molar-refractivity contribution < 1.29 is 59.2 Å². The van der Waals surface area contributed by atoms with Crippen molar-refractivity contribution in [1.82, 2.24) is 0 Å². The average Bonchev–Trinajstić information content (AvgIpc) is 2.97. The number of ether oxygens (including phenoxy) is 3. The number of hydrogen-bond acceptors (Lipinski definition) is 11. The van der Waals surface area contributed by atoms with Crippen molar-refractivity contribution in [3.8, 4) is 40.1 Å². The number of phenols is 4.